The summed E-state index contributed by atoms with van der Waals surface area (Å²) in [7, 11) is 0. The van der Waals surface area contributed by atoms with Crippen molar-refractivity contribution in [3.05, 3.63) is 130 Å². The van der Waals surface area contributed by atoms with Gasteiger partial charge in [0.15, 0.2) is 5.13 Å². The Hall–Kier alpha value is -4.53. The van der Waals surface area contributed by atoms with Gasteiger partial charge in [-0.25, -0.2) is 9.37 Å². The number of carbonyl (C=O) groups is 2. The van der Waals surface area contributed by atoms with Crippen LogP contribution in [-0.2, 0) is 16.2 Å². The molecule has 9 heteroatoms. The van der Waals surface area contributed by atoms with Gasteiger partial charge in [-0.15, -0.1) is 0 Å². The predicted molar refractivity (Wildman–Crippen MR) is 153 cm³/mol. The average Bonchev–Trinajstić information content (AvgIpc) is 3.50. The lowest BCUT2D eigenvalue weighted by molar-refractivity contribution is -0.132. The third-order valence-corrected chi connectivity index (χ3v) is 7.78. The summed E-state index contributed by atoms with van der Waals surface area (Å²) in [4.78, 5) is 32.9. The molecule has 1 amide bonds. The first kappa shape index (κ1) is 25.7. The van der Waals surface area contributed by atoms with Crippen LogP contribution in [0.15, 0.2) is 103 Å². The third kappa shape index (κ3) is 4.83. The maximum absolute atomic E-state index is 13.6. The topological polar surface area (TPSA) is 79.7 Å². The molecule has 0 radical (unpaired) electrons. The van der Waals surface area contributed by atoms with Crippen molar-refractivity contribution in [2.24, 2.45) is 0 Å². The van der Waals surface area contributed by atoms with Crippen LogP contribution < -0.4 is 9.64 Å². The number of ketones is 1. The molecular weight excluding hydrogens is 551 g/mol. The molecule has 1 unspecified atom stereocenters. The molecule has 1 aliphatic rings. The lowest BCUT2D eigenvalue weighted by Gasteiger charge is -2.23. The van der Waals surface area contributed by atoms with Crippen LogP contribution in [0, 0.1) is 5.82 Å². The maximum atomic E-state index is 13.6. The fourth-order valence-electron chi connectivity index (χ4n) is 4.61. The van der Waals surface area contributed by atoms with Crippen LogP contribution in [0.1, 0.15) is 22.7 Å². The smallest absolute Gasteiger partial charge is 0.301 e. The van der Waals surface area contributed by atoms with Crippen LogP contribution in [0.5, 0.6) is 5.75 Å². The first-order chi connectivity index (χ1) is 19.4. The highest BCUT2D eigenvalue weighted by atomic mass is 35.5. The number of hydrogen-bond acceptors (Lipinski definition) is 6. The number of thiazole rings is 1. The fraction of sp³-hybridized carbons (Fsp3) is 0.0645. The molecule has 1 N–H and O–H groups in total. The molecule has 0 bridgehead atoms. The molecular formula is C31H20ClFN2O4S. The number of halogens is 2. The van der Waals surface area contributed by atoms with E-state index in [-0.39, 0.29) is 16.3 Å². The Bertz CT molecular complexity index is 1790. The molecule has 1 saturated heterocycles. The van der Waals surface area contributed by atoms with Gasteiger partial charge in [-0.3, -0.25) is 14.5 Å². The number of aliphatic hydroxyl groups excluding tert-OH is 1. The summed E-state index contributed by atoms with van der Waals surface area (Å²) in [5.74, 6) is -2.10. The summed E-state index contributed by atoms with van der Waals surface area (Å²) in [5.41, 5.74) is 2.20. The quantitative estimate of drug-likeness (QED) is 0.132. The molecule has 1 fully saturated rings. The molecule has 0 spiro atoms. The van der Waals surface area contributed by atoms with Crippen LogP contribution in [-0.4, -0.2) is 21.8 Å². The van der Waals surface area contributed by atoms with E-state index in [4.69, 9.17) is 16.3 Å². The fourth-order valence-corrected chi connectivity index (χ4v) is 5.88. The number of nitrogens with zero attached hydrogens (tertiary/aromatic N) is 2. The van der Waals surface area contributed by atoms with Gasteiger partial charge in [0.2, 0.25) is 0 Å². The number of benzene rings is 4. The van der Waals surface area contributed by atoms with Crippen molar-refractivity contribution in [2.75, 3.05) is 4.90 Å². The van der Waals surface area contributed by atoms with Crippen molar-refractivity contribution in [3.8, 4) is 5.75 Å². The molecule has 198 valence electrons. The maximum Gasteiger partial charge on any atom is 0.301 e. The van der Waals surface area contributed by atoms with Gasteiger partial charge in [0, 0.05) is 10.6 Å². The van der Waals surface area contributed by atoms with Crippen LogP contribution in [0.2, 0.25) is 5.02 Å². The molecule has 4 aromatic carbocycles. The van der Waals surface area contributed by atoms with Gasteiger partial charge in [0.25, 0.3) is 5.78 Å². The summed E-state index contributed by atoms with van der Waals surface area (Å²) >= 11 is 7.37. The van der Waals surface area contributed by atoms with Crippen LogP contribution in [0.4, 0.5) is 9.52 Å². The first-order valence-electron chi connectivity index (χ1n) is 12.3. The Morgan fingerprint density at radius 1 is 0.975 bits per heavy atom. The number of fused-ring (bicyclic) bond motifs is 1. The Labute approximate surface area is 237 Å². The predicted octanol–water partition coefficient (Wildman–Crippen LogP) is 7.29. The van der Waals surface area contributed by atoms with E-state index in [1.807, 2.05) is 30.3 Å². The summed E-state index contributed by atoms with van der Waals surface area (Å²) < 4.78 is 20.3. The summed E-state index contributed by atoms with van der Waals surface area (Å²) in [6.07, 6.45) is 0. The van der Waals surface area contributed by atoms with E-state index in [1.54, 1.807) is 42.5 Å². The van der Waals surface area contributed by atoms with E-state index < -0.39 is 29.3 Å². The second-order valence-corrected chi connectivity index (χ2v) is 10.6. The zero-order valence-electron chi connectivity index (χ0n) is 20.8. The molecule has 5 aromatic rings. The number of rotatable bonds is 6. The van der Waals surface area contributed by atoms with Crippen molar-refractivity contribution in [1.29, 1.82) is 0 Å². The molecule has 2 heterocycles. The minimum atomic E-state index is -1.01. The second-order valence-electron chi connectivity index (χ2n) is 9.13. The second kappa shape index (κ2) is 10.6. The lowest BCUT2D eigenvalue weighted by Crippen LogP contribution is -2.29. The normalized spacial score (nSPS) is 16.6. The summed E-state index contributed by atoms with van der Waals surface area (Å²) in [5, 5.41) is 12.1. The summed E-state index contributed by atoms with van der Waals surface area (Å²) in [6.45, 7) is 0.318. The monoisotopic (exact) mass is 570 g/mol. The highest BCUT2D eigenvalue weighted by Crippen LogP contribution is 2.45. The summed E-state index contributed by atoms with van der Waals surface area (Å²) in [6, 6.07) is 25.9. The van der Waals surface area contributed by atoms with Crippen molar-refractivity contribution in [2.45, 2.75) is 12.6 Å². The largest absolute Gasteiger partial charge is 0.507 e. The number of anilines is 1. The van der Waals surface area contributed by atoms with E-state index in [2.05, 4.69) is 4.98 Å². The zero-order chi connectivity index (χ0) is 27.8. The van der Waals surface area contributed by atoms with Gasteiger partial charge in [0.05, 0.1) is 21.8 Å². The molecule has 1 aliphatic heterocycles. The van der Waals surface area contributed by atoms with Crippen LogP contribution in [0.25, 0.3) is 16.0 Å². The van der Waals surface area contributed by atoms with Gasteiger partial charge in [-0.1, -0.05) is 65.4 Å². The number of amides is 1. The van der Waals surface area contributed by atoms with Gasteiger partial charge in [-0.05, 0) is 65.7 Å². The van der Waals surface area contributed by atoms with Gasteiger partial charge >= 0.3 is 5.91 Å². The van der Waals surface area contributed by atoms with Crippen molar-refractivity contribution in [1.82, 2.24) is 4.98 Å². The minimum Gasteiger partial charge on any atom is -0.507 e. The molecule has 6 rings (SSSR count). The lowest BCUT2D eigenvalue weighted by atomic mass is 9.95. The highest BCUT2D eigenvalue weighted by molar-refractivity contribution is 7.22. The number of hydrogen-bond donors (Lipinski definition) is 1. The Morgan fingerprint density at radius 3 is 2.52 bits per heavy atom. The SMILES string of the molecule is O=C1C(=O)N(c2nc3ccc(Cl)cc3s2)C(c2cccc(OCc3ccccc3)c2)C1=C(O)c1ccc(F)cc1. The Balaban J connectivity index is 1.47. The average molecular weight is 571 g/mol. The number of Topliss-reactive ketones (excluding diaryl/α,β-unsaturated/α-hetero) is 1. The van der Waals surface area contributed by atoms with Crippen LogP contribution in [0.3, 0.4) is 0 Å². The van der Waals surface area contributed by atoms with Crippen molar-refractivity contribution in [3.63, 3.8) is 0 Å². The molecule has 1 aromatic heterocycles. The van der Waals surface area contributed by atoms with Crippen molar-refractivity contribution < 1.29 is 23.8 Å². The number of carbonyl (C=O) groups excluding carboxylic acids is 2. The number of aromatic nitrogens is 1. The van der Waals surface area contributed by atoms with Gasteiger partial charge < -0.3 is 9.84 Å². The highest BCUT2D eigenvalue weighted by Gasteiger charge is 2.48. The van der Waals surface area contributed by atoms with E-state index >= 15 is 0 Å². The molecule has 0 saturated carbocycles. The minimum absolute atomic E-state index is 0.130. The molecule has 0 aliphatic carbocycles. The molecule has 6 nitrogen and oxygen atoms in total. The first-order valence-corrected chi connectivity index (χ1v) is 13.5. The molecule has 40 heavy (non-hydrogen) atoms. The van der Waals surface area contributed by atoms with Gasteiger partial charge in [-0.2, -0.15) is 0 Å². The van der Waals surface area contributed by atoms with E-state index in [1.165, 1.54) is 40.5 Å². The van der Waals surface area contributed by atoms with Crippen LogP contribution >= 0.6 is 22.9 Å². The third-order valence-electron chi connectivity index (χ3n) is 6.53. The van der Waals surface area contributed by atoms with Crippen molar-refractivity contribution >= 4 is 55.7 Å². The standard InChI is InChI=1S/C31H20ClFN2O4S/c32-21-11-14-24-25(16-21)40-31(34-24)35-27(20-7-4-8-23(15-20)39-17-18-5-2-1-3-6-18)26(29(37)30(35)38)28(36)19-9-12-22(33)13-10-19/h1-16,27,36H,17H2. The van der Waals surface area contributed by atoms with E-state index in [0.29, 0.717) is 28.5 Å². The number of ether oxygens (including phenoxy) is 1. The molecule has 1 atom stereocenters. The van der Waals surface area contributed by atoms with Gasteiger partial charge in [0.1, 0.15) is 23.9 Å². The Morgan fingerprint density at radius 2 is 1.75 bits per heavy atom. The van der Waals surface area contributed by atoms with E-state index in [9.17, 15) is 19.1 Å². The zero-order valence-corrected chi connectivity index (χ0v) is 22.3. The van der Waals surface area contributed by atoms with E-state index in [0.717, 1.165) is 10.3 Å². The number of aliphatic hydroxyl groups is 1. The Kier molecular flexibility index (Phi) is 6.79.